The number of benzene rings is 2. The van der Waals surface area contributed by atoms with Gasteiger partial charge >= 0.3 is 0 Å². The van der Waals surface area contributed by atoms with Crippen LogP contribution in [-0.2, 0) is 4.74 Å². The number of aromatic hydroxyl groups is 3. The molecule has 3 aliphatic rings. The molecule has 2 bridgehead atoms. The topological polar surface area (TPSA) is 113 Å². The maximum Gasteiger partial charge on any atom is 0.208 e. The third kappa shape index (κ3) is 2.06. The molecule has 5 rings (SSSR count). The zero-order chi connectivity index (χ0) is 19.1. The van der Waals surface area contributed by atoms with Crippen molar-refractivity contribution in [2.24, 2.45) is 0 Å². The van der Waals surface area contributed by atoms with Crippen LogP contribution in [-0.4, -0.2) is 32.7 Å². The fraction of sp³-hybridized carbons (Fsp3) is 0.300. The largest absolute Gasteiger partial charge is 0.508 e. The molecule has 2 aromatic rings. The average Bonchev–Trinajstić information content (AvgIpc) is 2.57. The highest BCUT2D eigenvalue weighted by Gasteiger charge is 2.46. The number of rotatable bonds is 0. The van der Waals surface area contributed by atoms with Gasteiger partial charge in [0.05, 0.1) is 22.8 Å². The molecule has 1 saturated heterocycles. The van der Waals surface area contributed by atoms with Crippen molar-refractivity contribution >= 4 is 11.6 Å². The molecule has 2 aromatic carbocycles. The van der Waals surface area contributed by atoms with E-state index < -0.39 is 29.2 Å². The number of hydrogen-bond acceptors (Lipinski definition) is 7. The maximum atomic E-state index is 13.0. The summed E-state index contributed by atoms with van der Waals surface area (Å²) in [6.45, 7) is 1.80. The highest BCUT2D eigenvalue weighted by atomic mass is 16.7. The Labute approximate surface area is 153 Å². The summed E-state index contributed by atoms with van der Waals surface area (Å²) < 4.78 is 11.8. The predicted octanol–water partition coefficient (Wildman–Crippen LogP) is 2.93. The molecule has 2 aliphatic heterocycles. The van der Waals surface area contributed by atoms with Gasteiger partial charge in [0, 0.05) is 30.5 Å². The van der Waals surface area contributed by atoms with E-state index >= 15 is 0 Å². The SMILES string of the molecule is C[C@@]12CCC[C@@H](O1)c1c(cc3c(c1O)C(=O)c1c(O)cc(O)cc1C3=O)O2. The van der Waals surface area contributed by atoms with Gasteiger partial charge in [0.25, 0.3) is 0 Å². The summed E-state index contributed by atoms with van der Waals surface area (Å²) in [5, 5.41) is 30.7. The minimum absolute atomic E-state index is 0.0164. The normalized spacial score (nSPS) is 25.3. The van der Waals surface area contributed by atoms with Crippen molar-refractivity contribution < 1.29 is 34.4 Å². The van der Waals surface area contributed by atoms with Gasteiger partial charge in [-0.05, 0) is 25.0 Å². The number of hydrogen-bond donors (Lipinski definition) is 3. The van der Waals surface area contributed by atoms with Crippen molar-refractivity contribution in [1.82, 2.24) is 0 Å². The van der Waals surface area contributed by atoms with Crippen molar-refractivity contribution in [3.05, 3.63) is 46.0 Å². The summed E-state index contributed by atoms with van der Waals surface area (Å²) in [6.07, 6.45) is 1.75. The van der Waals surface area contributed by atoms with Crippen LogP contribution in [0.3, 0.4) is 0 Å². The van der Waals surface area contributed by atoms with Gasteiger partial charge in [-0.2, -0.15) is 0 Å². The first-order valence-corrected chi connectivity index (χ1v) is 8.71. The van der Waals surface area contributed by atoms with Crippen LogP contribution in [0.5, 0.6) is 23.0 Å². The molecule has 0 spiro atoms. The van der Waals surface area contributed by atoms with Gasteiger partial charge in [-0.1, -0.05) is 0 Å². The fourth-order valence-corrected chi connectivity index (χ4v) is 4.30. The lowest BCUT2D eigenvalue weighted by Gasteiger charge is -2.44. The summed E-state index contributed by atoms with van der Waals surface area (Å²) >= 11 is 0. The molecule has 0 amide bonds. The summed E-state index contributed by atoms with van der Waals surface area (Å²) in [7, 11) is 0. The van der Waals surface area contributed by atoms with E-state index in [1.807, 2.05) is 0 Å². The van der Waals surface area contributed by atoms with Gasteiger partial charge in [0.2, 0.25) is 11.6 Å². The maximum absolute atomic E-state index is 13.0. The van der Waals surface area contributed by atoms with Gasteiger partial charge in [0.1, 0.15) is 23.0 Å². The number of carbonyl (C=O) groups excluding carboxylic acids is 2. The van der Waals surface area contributed by atoms with E-state index in [1.54, 1.807) is 6.92 Å². The molecule has 1 aliphatic carbocycles. The standard InChI is InChI=1S/C20H16O7/c1-20-4-2-3-12(26-20)16-13(27-20)7-10-15(19(16)25)18(24)14-9(17(10)23)5-8(21)6-11(14)22/h5-7,12,21-22,25H,2-4H2,1H3/t12-,20-/m1/s1. The monoisotopic (exact) mass is 368 g/mol. The number of ether oxygens (including phenoxy) is 2. The fourth-order valence-electron chi connectivity index (χ4n) is 4.30. The van der Waals surface area contributed by atoms with Crippen LogP contribution < -0.4 is 4.74 Å². The number of carbonyl (C=O) groups is 2. The molecular formula is C20H16O7. The van der Waals surface area contributed by atoms with Crippen LogP contribution >= 0.6 is 0 Å². The summed E-state index contributed by atoms with van der Waals surface area (Å²) in [5.74, 6) is -2.97. The van der Waals surface area contributed by atoms with E-state index in [9.17, 15) is 24.9 Å². The molecular weight excluding hydrogens is 352 g/mol. The molecule has 27 heavy (non-hydrogen) atoms. The van der Waals surface area contributed by atoms with Crippen LogP contribution in [0, 0.1) is 0 Å². The lowest BCUT2D eigenvalue weighted by atomic mass is 9.80. The van der Waals surface area contributed by atoms with Crippen LogP contribution in [0.1, 0.15) is 69.7 Å². The molecule has 2 heterocycles. The van der Waals surface area contributed by atoms with Gasteiger partial charge in [0.15, 0.2) is 5.78 Å². The lowest BCUT2D eigenvalue weighted by Crippen LogP contribution is -2.44. The number of ketones is 2. The van der Waals surface area contributed by atoms with Crippen LogP contribution in [0.15, 0.2) is 18.2 Å². The lowest BCUT2D eigenvalue weighted by molar-refractivity contribution is -0.243. The van der Waals surface area contributed by atoms with Gasteiger partial charge < -0.3 is 24.8 Å². The summed E-state index contributed by atoms with van der Waals surface area (Å²) in [6, 6.07) is 3.58. The average molecular weight is 368 g/mol. The third-order valence-corrected chi connectivity index (χ3v) is 5.48. The molecule has 7 nitrogen and oxygen atoms in total. The minimum atomic E-state index is -0.841. The second kappa shape index (κ2) is 5.01. The Morgan fingerprint density at radius 1 is 1.04 bits per heavy atom. The van der Waals surface area contributed by atoms with Gasteiger partial charge in [-0.25, -0.2) is 0 Å². The van der Waals surface area contributed by atoms with Crippen molar-refractivity contribution in [3.8, 4) is 23.0 Å². The first-order valence-electron chi connectivity index (χ1n) is 8.71. The molecule has 0 aromatic heterocycles. The summed E-state index contributed by atoms with van der Waals surface area (Å²) in [5.41, 5.74) is -0.172. The summed E-state index contributed by atoms with van der Waals surface area (Å²) in [4.78, 5) is 25.9. The zero-order valence-electron chi connectivity index (χ0n) is 14.4. The number of fused-ring (bicyclic) bond motifs is 6. The van der Waals surface area contributed by atoms with Crippen molar-refractivity contribution in [3.63, 3.8) is 0 Å². The molecule has 0 radical (unpaired) electrons. The van der Waals surface area contributed by atoms with Gasteiger partial charge in [-0.15, -0.1) is 0 Å². The second-order valence-corrected chi connectivity index (χ2v) is 7.34. The van der Waals surface area contributed by atoms with E-state index in [2.05, 4.69) is 0 Å². The van der Waals surface area contributed by atoms with Crippen LogP contribution in [0.2, 0.25) is 0 Å². The van der Waals surface area contributed by atoms with Crippen LogP contribution in [0.4, 0.5) is 0 Å². The highest BCUT2D eigenvalue weighted by molar-refractivity contribution is 6.30. The molecule has 2 atom stereocenters. The Morgan fingerprint density at radius 2 is 1.78 bits per heavy atom. The Hall–Kier alpha value is -3.06. The number of phenolic OH excluding ortho intramolecular Hbond substituents is 3. The van der Waals surface area contributed by atoms with Crippen molar-refractivity contribution in [1.29, 1.82) is 0 Å². The smallest absolute Gasteiger partial charge is 0.208 e. The van der Waals surface area contributed by atoms with Crippen molar-refractivity contribution in [2.75, 3.05) is 0 Å². The van der Waals surface area contributed by atoms with E-state index in [0.717, 1.165) is 18.6 Å². The van der Waals surface area contributed by atoms with E-state index in [-0.39, 0.29) is 33.8 Å². The molecule has 3 N–H and O–H groups in total. The number of phenols is 3. The molecule has 0 unspecified atom stereocenters. The molecule has 1 fully saturated rings. The van der Waals surface area contributed by atoms with E-state index in [4.69, 9.17) is 9.47 Å². The predicted molar refractivity (Wildman–Crippen MR) is 91.5 cm³/mol. The highest BCUT2D eigenvalue weighted by Crippen LogP contribution is 2.53. The van der Waals surface area contributed by atoms with E-state index in [0.29, 0.717) is 24.2 Å². The quantitative estimate of drug-likeness (QED) is 0.559. The molecule has 0 saturated carbocycles. The first-order chi connectivity index (χ1) is 12.8. The first kappa shape index (κ1) is 16.1. The Kier molecular flexibility index (Phi) is 3.00. The van der Waals surface area contributed by atoms with E-state index in [1.165, 1.54) is 6.07 Å². The Bertz CT molecular complexity index is 1060. The Morgan fingerprint density at radius 3 is 2.56 bits per heavy atom. The molecule has 138 valence electrons. The zero-order valence-corrected chi connectivity index (χ0v) is 14.4. The minimum Gasteiger partial charge on any atom is -0.508 e. The second-order valence-electron chi connectivity index (χ2n) is 7.34. The molecule has 7 heteroatoms. The van der Waals surface area contributed by atoms with Gasteiger partial charge in [-0.3, -0.25) is 9.59 Å². The third-order valence-electron chi connectivity index (χ3n) is 5.48. The van der Waals surface area contributed by atoms with Crippen molar-refractivity contribution in [2.45, 2.75) is 38.1 Å². The Balaban J connectivity index is 1.78. The van der Waals surface area contributed by atoms with Crippen LogP contribution in [0.25, 0.3) is 0 Å².